The van der Waals surface area contributed by atoms with Crippen LogP contribution in [0.5, 0.6) is 0 Å². The molecule has 1 aromatic heterocycles. The molecule has 1 aromatic rings. The van der Waals surface area contributed by atoms with Gasteiger partial charge in [0.25, 0.3) is 0 Å². The van der Waals surface area contributed by atoms with Crippen LogP contribution in [0.4, 0.5) is 0 Å². The van der Waals surface area contributed by atoms with E-state index < -0.39 is 0 Å². The summed E-state index contributed by atoms with van der Waals surface area (Å²) < 4.78 is 0. The number of hydrogen-bond donors (Lipinski definition) is 1. The Morgan fingerprint density at radius 1 is 1.22 bits per heavy atom. The zero-order chi connectivity index (χ0) is 12.4. The Labute approximate surface area is 108 Å². The molecular formula is C15H20N2O. The van der Waals surface area contributed by atoms with Crippen LogP contribution in [0.25, 0.3) is 0 Å². The molecule has 1 aliphatic carbocycles. The molecule has 3 rings (SSSR count). The maximum Gasteiger partial charge on any atom is 0.140 e. The van der Waals surface area contributed by atoms with E-state index in [1.54, 1.807) is 0 Å². The minimum atomic E-state index is 0.110. The van der Waals surface area contributed by atoms with Crippen molar-refractivity contribution < 1.29 is 4.79 Å². The molecule has 1 atom stereocenters. The lowest BCUT2D eigenvalue weighted by molar-refractivity contribution is -0.121. The molecular weight excluding hydrogens is 224 g/mol. The molecule has 0 bridgehead atoms. The molecule has 18 heavy (non-hydrogen) atoms. The number of nitrogens with one attached hydrogen (secondary N) is 1. The van der Waals surface area contributed by atoms with Crippen molar-refractivity contribution in [1.29, 1.82) is 0 Å². The van der Waals surface area contributed by atoms with E-state index in [1.807, 2.05) is 12.3 Å². The average Bonchev–Trinajstić information content (AvgIpc) is 2.58. The van der Waals surface area contributed by atoms with Gasteiger partial charge in [-0.15, -0.1) is 0 Å². The number of rotatable bonds is 1. The Balaban J connectivity index is 1.96. The van der Waals surface area contributed by atoms with Crippen molar-refractivity contribution in [1.82, 2.24) is 10.3 Å². The van der Waals surface area contributed by atoms with Crippen molar-refractivity contribution in [2.24, 2.45) is 5.92 Å². The Hall–Kier alpha value is -1.22. The first-order valence-corrected chi connectivity index (χ1v) is 7.03. The highest BCUT2D eigenvalue weighted by atomic mass is 16.1. The molecule has 3 heteroatoms. The van der Waals surface area contributed by atoms with E-state index in [-0.39, 0.29) is 5.92 Å². The zero-order valence-electron chi connectivity index (χ0n) is 10.7. The summed E-state index contributed by atoms with van der Waals surface area (Å²) in [7, 11) is 0. The molecule has 0 amide bonds. The SMILES string of the molecule is O=C1CCCc2ncccc2C1C1CCNCC1. The third-order valence-electron chi connectivity index (χ3n) is 4.30. The Morgan fingerprint density at radius 3 is 2.89 bits per heavy atom. The van der Waals surface area contributed by atoms with E-state index >= 15 is 0 Å². The van der Waals surface area contributed by atoms with Gasteiger partial charge in [-0.2, -0.15) is 0 Å². The van der Waals surface area contributed by atoms with E-state index in [2.05, 4.69) is 16.4 Å². The summed E-state index contributed by atoms with van der Waals surface area (Å²) in [5.74, 6) is 1.06. The Bertz CT molecular complexity index is 438. The van der Waals surface area contributed by atoms with Gasteiger partial charge in [-0.05, 0) is 56.3 Å². The van der Waals surface area contributed by atoms with Crippen molar-refractivity contribution in [3.05, 3.63) is 29.6 Å². The van der Waals surface area contributed by atoms with Crippen molar-refractivity contribution in [2.75, 3.05) is 13.1 Å². The number of aryl methyl sites for hydroxylation is 1. The van der Waals surface area contributed by atoms with Crippen LogP contribution in [0.1, 0.15) is 42.9 Å². The molecule has 96 valence electrons. The fourth-order valence-corrected chi connectivity index (χ4v) is 3.40. The van der Waals surface area contributed by atoms with Crippen LogP contribution in [0.2, 0.25) is 0 Å². The van der Waals surface area contributed by atoms with Crippen LogP contribution in [-0.4, -0.2) is 23.9 Å². The molecule has 0 radical (unpaired) electrons. The lowest BCUT2D eigenvalue weighted by atomic mass is 9.77. The van der Waals surface area contributed by atoms with Gasteiger partial charge in [-0.25, -0.2) is 0 Å². The van der Waals surface area contributed by atoms with Crippen molar-refractivity contribution >= 4 is 5.78 Å². The number of carbonyl (C=O) groups is 1. The van der Waals surface area contributed by atoms with Crippen LogP contribution in [0.3, 0.4) is 0 Å². The van der Waals surface area contributed by atoms with Crippen LogP contribution >= 0.6 is 0 Å². The van der Waals surface area contributed by atoms with E-state index in [4.69, 9.17) is 0 Å². The largest absolute Gasteiger partial charge is 0.317 e. The number of pyridine rings is 1. The number of hydrogen-bond acceptors (Lipinski definition) is 3. The summed E-state index contributed by atoms with van der Waals surface area (Å²) in [5.41, 5.74) is 2.37. The van der Waals surface area contributed by atoms with Gasteiger partial charge < -0.3 is 5.32 Å². The number of ketones is 1. The fraction of sp³-hybridized carbons (Fsp3) is 0.600. The zero-order valence-corrected chi connectivity index (χ0v) is 10.7. The highest BCUT2D eigenvalue weighted by molar-refractivity contribution is 5.86. The number of carbonyl (C=O) groups excluding carboxylic acids is 1. The molecule has 1 aliphatic heterocycles. The highest BCUT2D eigenvalue weighted by Crippen LogP contribution is 2.36. The van der Waals surface area contributed by atoms with Crippen LogP contribution in [-0.2, 0) is 11.2 Å². The van der Waals surface area contributed by atoms with E-state index in [0.29, 0.717) is 11.7 Å². The molecule has 2 heterocycles. The van der Waals surface area contributed by atoms with Gasteiger partial charge in [0.05, 0.1) is 0 Å². The molecule has 1 unspecified atom stereocenters. The number of aromatic nitrogens is 1. The summed E-state index contributed by atoms with van der Waals surface area (Å²) in [6, 6.07) is 4.10. The Morgan fingerprint density at radius 2 is 2.06 bits per heavy atom. The monoisotopic (exact) mass is 244 g/mol. The lowest BCUT2D eigenvalue weighted by Gasteiger charge is -2.30. The van der Waals surface area contributed by atoms with E-state index in [1.165, 1.54) is 5.56 Å². The second-order valence-electron chi connectivity index (χ2n) is 5.42. The highest BCUT2D eigenvalue weighted by Gasteiger charge is 2.33. The molecule has 0 aromatic carbocycles. The minimum absolute atomic E-state index is 0.110. The lowest BCUT2D eigenvalue weighted by Crippen LogP contribution is -2.33. The number of piperidine rings is 1. The fourth-order valence-electron chi connectivity index (χ4n) is 3.40. The molecule has 2 aliphatic rings. The molecule has 1 fully saturated rings. The van der Waals surface area contributed by atoms with Crippen LogP contribution in [0.15, 0.2) is 18.3 Å². The van der Waals surface area contributed by atoms with Gasteiger partial charge in [-0.3, -0.25) is 9.78 Å². The molecule has 1 N–H and O–H groups in total. The maximum atomic E-state index is 12.4. The van der Waals surface area contributed by atoms with Gasteiger partial charge in [-0.1, -0.05) is 6.07 Å². The first-order valence-electron chi connectivity index (χ1n) is 7.03. The van der Waals surface area contributed by atoms with Gasteiger partial charge in [0.15, 0.2) is 0 Å². The summed E-state index contributed by atoms with van der Waals surface area (Å²) in [4.78, 5) is 16.9. The normalized spacial score (nSPS) is 25.6. The van der Waals surface area contributed by atoms with Crippen molar-refractivity contribution in [3.8, 4) is 0 Å². The summed E-state index contributed by atoms with van der Waals surface area (Å²) in [5, 5.41) is 3.38. The smallest absolute Gasteiger partial charge is 0.140 e. The van der Waals surface area contributed by atoms with Crippen molar-refractivity contribution in [3.63, 3.8) is 0 Å². The van der Waals surface area contributed by atoms with Gasteiger partial charge >= 0.3 is 0 Å². The number of nitrogens with zero attached hydrogens (tertiary/aromatic N) is 1. The summed E-state index contributed by atoms with van der Waals surface area (Å²) >= 11 is 0. The third-order valence-corrected chi connectivity index (χ3v) is 4.30. The summed E-state index contributed by atoms with van der Waals surface area (Å²) in [6.45, 7) is 2.09. The Kier molecular flexibility index (Phi) is 3.41. The van der Waals surface area contributed by atoms with E-state index in [9.17, 15) is 4.79 Å². The van der Waals surface area contributed by atoms with Gasteiger partial charge in [0.1, 0.15) is 5.78 Å². The molecule has 0 saturated carbocycles. The predicted octanol–water partition coefficient (Wildman–Crippen LogP) is 2.07. The molecule has 0 spiro atoms. The first-order chi connectivity index (χ1) is 8.86. The summed E-state index contributed by atoms with van der Waals surface area (Å²) in [6.07, 6.45) is 6.74. The number of fused-ring (bicyclic) bond motifs is 1. The van der Waals surface area contributed by atoms with E-state index in [0.717, 1.165) is 50.9 Å². The standard InChI is InChI=1S/C15H20N2O/c18-14-5-1-4-13-12(3-2-8-17-13)15(14)11-6-9-16-10-7-11/h2-3,8,11,15-16H,1,4-7,9-10H2. The minimum Gasteiger partial charge on any atom is -0.317 e. The third kappa shape index (κ3) is 2.19. The van der Waals surface area contributed by atoms with Gasteiger partial charge in [0, 0.05) is 24.2 Å². The number of Topliss-reactive ketones (excluding diaryl/α,β-unsaturated/α-hetero) is 1. The van der Waals surface area contributed by atoms with Crippen LogP contribution in [0, 0.1) is 5.92 Å². The second-order valence-corrected chi connectivity index (χ2v) is 5.42. The second kappa shape index (κ2) is 5.19. The molecule has 1 saturated heterocycles. The topological polar surface area (TPSA) is 42.0 Å². The first kappa shape index (κ1) is 11.8. The molecule has 3 nitrogen and oxygen atoms in total. The predicted molar refractivity (Wildman–Crippen MR) is 70.5 cm³/mol. The van der Waals surface area contributed by atoms with Gasteiger partial charge in [0.2, 0.25) is 0 Å². The van der Waals surface area contributed by atoms with Crippen LogP contribution < -0.4 is 5.32 Å². The quantitative estimate of drug-likeness (QED) is 0.769. The van der Waals surface area contributed by atoms with Crippen molar-refractivity contribution in [2.45, 2.75) is 38.0 Å². The maximum absolute atomic E-state index is 12.4. The average molecular weight is 244 g/mol.